The number of benzene rings is 1. The normalized spacial score (nSPS) is 18.9. The zero-order valence-corrected chi connectivity index (χ0v) is 11.0. The Balaban J connectivity index is 2.25. The molecule has 19 heavy (non-hydrogen) atoms. The minimum atomic E-state index is -3.14. The van der Waals surface area contributed by atoms with Crippen molar-refractivity contribution >= 4 is 15.7 Å². The molecular weight excluding hydrogens is 273 g/mol. The predicted molar refractivity (Wildman–Crippen MR) is 67.2 cm³/mol. The molecule has 1 fully saturated rings. The summed E-state index contributed by atoms with van der Waals surface area (Å²) in [6, 6.07) is 3.61. The van der Waals surface area contributed by atoms with E-state index < -0.39 is 32.9 Å². The fourth-order valence-corrected chi connectivity index (χ4v) is 3.30. The minimum absolute atomic E-state index is 0.0228. The number of rotatable bonds is 1. The zero-order chi connectivity index (χ0) is 14.0. The predicted octanol–water partition coefficient (Wildman–Crippen LogP) is 0.792. The molecule has 1 saturated heterocycles. The van der Waals surface area contributed by atoms with Crippen LogP contribution in [-0.4, -0.2) is 48.9 Å². The summed E-state index contributed by atoms with van der Waals surface area (Å²) < 4.78 is 36.5. The highest BCUT2D eigenvalue weighted by atomic mass is 32.2. The highest BCUT2D eigenvalue weighted by molar-refractivity contribution is 7.91. The molecule has 1 aliphatic heterocycles. The molecule has 0 radical (unpaired) electrons. The van der Waals surface area contributed by atoms with Crippen LogP contribution in [0, 0.1) is 5.82 Å². The molecule has 2 rings (SSSR count). The molecule has 0 saturated carbocycles. The van der Waals surface area contributed by atoms with E-state index in [1.165, 1.54) is 17.0 Å². The van der Waals surface area contributed by atoms with E-state index in [2.05, 4.69) is 0 Å². The van der Waals surface area contributed by atoms with Gasteiger partial charge in [0.15, 0.2) is 9.84 Å². The number of carbonyl (C=O) groups is 1. The molecule has 104 valence electrons. The topological polar surface area (TPSA) is 74.7 Å². The summed E-state index contributed by atoms with van der Waals surface area (Å²) in [7, 11) is -3.14. The number of amides is 1. The second kappa shape index (κ2) is 5.16. The molecule has 1 aliphatic rings. The van der Waals surface area contributed by atoms with Crippen LogP contribution in [0.25, 0.3) is 0 Å². The fraction of sp³-hybridized carbons (Fsp3) is 0.417. The van der Waals surface area contributed by atoms with Crippen molar-refractivity contribution in [3.8, 4) is 5.75 Å². The van der Waals surface area contributed by atoms with E-state index in [9.17, 15) is 22.7 Å². The quantitative estimate of drug-likeness (QED) is 0.828. The molecule has 7 heteroatoms. The molecule has 0 unspecified atom stereocenters. The van der Waals surface area contributed by atoms with Gasteiger partial charge in [-0.15, -0.1) is 0 Å². The van der Waals surface area contributed by atoms with E-state index in [-0.39, 0.29) is 24.6 Å². The third-order valence-corrected chi connectivity index (χ3v) is 4.76. The number of phenolic OH excluding ortho intramolecular Hbond substituents is 1. The average Bonchev–Trinajstić information content (AvgIpc) is 2.50. The first-order valence-corrected chi connectivity index (χ1v) is 7.70. The lowest BCUT2D eigenvalue weighted by Gasteiger charge is -2.20. The lowest BCUT2D eigenvalue weighted by Crippen LogP contribution is -2.34. The van der Waals surface area contributed by atoms with E-state index in [0.717, 1.165) is 6.07 Å². The number of halogens is 1. The van der Waals surface area contributed by atoms with Crippen LogP contribution in [0.4, 0.5) is 4.39 Å². The summed E-state index contributed by atoms with van der Waals surface area (Å²) in [4.78, 5) is 13.4. The summed E-state index contributed by atoms with van der Waals surface area (Å²) in [6.45, 7) is 0.265. The number of nitrogens with zero attached hydrogens (tertiary/aromatic N) is 1. The van der Waals surface area contributed by atoms with E-state index in [1.807, 2.05) is 0 Å². The largest absolute Gasteiger partial charge is 0.507 e. The third kappa shape index (κ3) is 3.04. The number of hydrogen-bond acceptors (Lipinski definition) is 4. The molecule has 0 aromatic heterocycles. The van der Waals surface area contributed by atoms with E-state index in [0.29, 0.717) is 6.42 Å². The number of aromatic hydroxyl groups is 1. The Morgan fingerprint density at radius 3 is 2.68 bits per heavy atom. The monoisotopic (exact) mass is 287 g/mol. The van der Waals surface area contributed by atoms with Crippen LogP contribution in [0.3, 0.4) is 0 Å². The van der Waals surface area contributed by atoms with Gasteiger partial charge in [0, 0.05) is 13.1 Å². The molecular formula is C12H14FNO4S. The first-order valence-electron chi connectivity index (χ1n) is 5.88. The van der Waals surface area contributed by atoms with Crippen molar-refractivity contribution in [2.75, 3.05) is 24.6 Å². The van der Waals surface area contributed by atoms with Gasteiger partial charge in [-0.3, -0.25) is 4.79 Å². The van der Waals surface area contributed by atoms with Crippen molar-refractivity contribution in [1.29, 1.82) is 0 Å². The van der Waals surface area contributed by atoms with Crippen LogP contribution < -0.4 is 0 Å². The van der Waals surface area contributed by atoms with Crippen LogP contribution in [0.5, 0.6) is 5.75 Å². The Morgan fingerprint density at radius 1 is 1.26 bits per heavy atom. The molecule has 1 amide bonds. The highest BCUT2D eigenvalue weighted by Crippen LogP contribution is 2.22. The second-order valence-corrected chi connectivity index (χ2v) is 6.74. The molecule has 1 aromatic rings. The molecule has 1 heterocycles. The summed E-state index contributed by atoms with van der Waals surface area (Å²) in [6.07, 6.45) is 0.323. The van der Waals surface area contributed by atoms with E-state index in [1.54, 1.807) is 0 Å². The van der Waals surface area contributed by atoms with Gasteiger partial charge in [0.25, 0.3) is 5.91 Å². The second-order valence-electron chi connectivity index (χ2n) is 4.43. The van der Waals surface area contributed by atoms with Crippen molar-refractivity contribution in [2.24, 2.45) is 0 Å². The molecule has 0 atom stereocenters. The van der Waals surface area contributed by atoms with Crippen molar-refractivity contribution in [3.63, 3.8) is 0 Å². The van der Waals surface area contributed by atoms with Crippen LogP contribution in [0.1, 0.15) is 16.8 Å². The Labute approximate surface area is 110 Å². The molecule has 1 aromatic carbocycles. The third-order valence-electron chi connectivity index (χ3n) is 3.05. The van der Waals surface area contributed by atoms with Crippen molar-refractivity contribution in [2.45, 2.75) is 6.42 Å². The van der Waals surface area contributed by atoms with E-state index >= 15 is 0 Å². The number of carbonyl (C=O) groups excluding carboxylic acids is 1. The highest BCUT2D eigenvalue weighted by Gasteiger charge is 2.26. The Kier molecular flexibility index (Phi) is 3.75. The van der Waals surface area contributed by atoms with E-state index in [4.69, 9.17) is 0 Å². The fourth-order valence-electron chi connectivity index (χ4n) is 2.02. The maximum absolute atomic E-state index is 13.6. The SMILES string of the molecule is O=C(c1c(O)cccc1F)N1CCCS(=O)(=O)CC1. The summed E-state index contributed by atoms with van der Waals surface area (Å²) in [5, 5.41) is 9.56. The number of phenols is 1. The lowest BCUT2D eigenvalue weighted by atomic mass is 10.1. The molecule has 1 N–H and O–H groups in total. The summed E-state index contributed by atoms with van der Waals surface area (Å²) in [5.41, 5.74) is -0.401. The maximum Gasteiger partial charge on any atom is 0.260 e. The van der Waals surface area contributed by atoms with Crippen LogP contribution in [0.15, 0.2) is 18.2 Å². The van der Waals surface area contributed by atoms with Crippen LogP contribution in [-0.2, 0) is 9.84 Å². The average molecular weight is 287 g/mol. The number of hydrogen-bond donors (Lipinski definition) is 1. The zero-order valence-electron chi connectivity index (χ0n) is 10.2. The molecule has 0 aliphatic carbocycles. The van der Waals surface area contributed by atoms with Crippen LogP contribution in [0.2, 0.25) is 0 Å². The first-order chi connectivity index (χ1) is 8.91. The Bertz CT molecular complexity index is 579. The van der Waals surface area contributed by atoms with Gasteiger partial charge in [-0.2, -0.15) is 0 Å². The van der Waals surface area contributed by atoms with Gasteiger partial charge in [0.2, 0.25) is 0 Å². The van der Waals surface area contributed by atoms with Gasteiger partial charge in [-0.05, 0) is 18.6 Å². The summed E-state index contributed by atoms with van der Waals surface area (Å²) >= 11 is 0. The van der Waals surface area contributed by atoms with Crippen molar-refractivity contribution in [1.82, 2.24) is 4.90 Å². The number of sulfone groups is 1. The lowest BCUT2D eigenvalue weighted by molar-refractivity contribution is 0.0760. The smallest absolute Gasteiger partial charge is 0.260 e. The first kappa shape index (κ1) is 13.8. The van der Waals surface area contributed by atoms with Crippen molar-refractivity contribution < 1.29 is 22.7 Å². The van der Waals surface area contributed by atoms with Crippen molar-refractivity contribution in [3.05, 3.63) is 29.6 Å². The van der Waals surface area contributed by atoms with Crippen LogP contribution >= 0.6 is 0 Å². The Hall–Kier alpha value is -1.63. The maximum atomic E-state index is 13.6. The van der Waals surface area contributed by atoms with Gasteiger partial charge in [-0.1, -0.05) is 6.07 Å². The Morgan fingerprint density at radius 2 is 2.00 bits per heavy atom. The molecule has 0 bridgehead atoms. The van der Waals surface area contributed by atoms with Gasteiger partial charge in [0.1, 0.15) is 17.1 Å². The standard InChI is InChI=1S/C12H14FNO4S/c13-9-3-1-4-10(15)11(9)12(16)14-5-2-7-19(17,18)8-6-14/h1,3-4,15H,2,5-8H2. The van der Waals surface area contributed by atoms with Gasteiger partial charge in [0.05, 0.1) is 11.5 Å². The summed E-state index contributed by atoms with van der Waals surface area (Å²) in [5.74, 6) is -2.02. The van der Waals surface area contributed by atoms with Gasteiger partial charge in [-0.25, -0.2) is 12.8 Å². The van der Waals surface area contributed by atoms with Gasteiger partial charge < -0.3 is 10.0 Å². The van der Waals surface area contributed by atoms with Gasteiger partial charge >= 0.3 is 0 Å². The molecule has 5 nitrogen and oxygen atoms in total. The molecule has 0 spiro atoms. The minimum Gasteiger partial charge on any atom is -0.507 e.